The number of allylic oxidation sites excluding steroid dienone is 1. The summed E-state index contributed by atoms with van der Waals surface area (Å²) in [6.07, 6.45) is 2.08. The van der Waals surface area contributed by atoms with Crippen LogP contribution < -0.4 is 0 Å². The summed E-state index contributed by atoms with van der Waals surface area (Å²) in [4.78, 5) is 10.9. The standard InChI is InChI=1S/C20H22O2/c1-14(12-15-8-10-16(11-9-15)19(21)22)17-6-5-7-18(13-17)20(2,3)4/h5-13H,1-4H3,(H,21,22)/b14-12+. The van der Waals surface area contributed by atoms with Crippen LogP contribution in [0, 0.1) is 0 Å². The van der Waals surface area contributed by atoms with Crippen LogP contribution in [-0.2, 0) is 5.41 Å². The van der Waals surface area contributed by atoms with Gasteiger partial charge in [0.25, 0.3) is 0 Å². The van der Waals surface area contributed by atoms with E-state index in [1.807, 2.05) is 12.1 Å². The Bertz CT molecular complexity index is 701. The predicted molar refractivity (Wildman–Crippen MR) is 92.1 cm³/mol. The maximum absolute atomic E-state index is 10.9. The third-order valence-electron chi connectivity index (χ3n) is 3.72. The van der Waals surface area contributed by atoms with Crippen molar-refractivity contribution in [3.63, 3.8) is 0 Å². The Morgan fingerprint density at radius 2 is 1.64 bits per heavy atom. The van der Waals surface area contributed by atoms with Gasteiger partial charge in [0.2, 0.25) is 0 Å². The van der Waals surface area contributed by atoms with Crippen LogP contribution in [0.4, 0.5) is 0 Å². The molecule has 0 saturated heterocycles. The maximum Gasteiger partial charge on any atom is 0.335 e. The first kappa shape index (κ1) is 16.0. The molecular weight excluding hydrogens is 272 g/mol. The van der Waals surface area contributed by atoms with E-state index in [0.29, 0.717) is 5.56 Å². The summed E-state index contributed by atoms with van der Waals surface area (Å²) in [5.74, 6) is -0.898. The van der Waals surface area contributed by atoms with Gasteiger partial charge in [0.15, 0.2) is 0 Å². The lowest BCUT2D eigenvalue weighted by Gasteiger charge is -2.20. The molecule has 2 rings (SSSR count). The lowest BCUT2D eigenvalue weighted by Crippen LogP contribution is -2.10. The largest absolute Gasteiger partial charge is 0.478 e. The SMILES string of the molecule is C/C(=C\c1ccc(C(=O)O)cc1)c1cccc(C(C)(C)C)c1. The Kier molecular flexibility index (Phi) is 4.51. The summed E-state index contributed by atoms with van der Waals surface area (Å²) >= 11 is 0. The van der Waals surface area contributed by atoms with Gasteiger partial charge < -0.3 is 5.11 Å². The zero-order valence-corrected chi connectivity index (χ0v) is 13.6. The molecular formula is C20H22O2. The van der Waals surface area contributed by atoms with Crippen LogP contribution in [0.3, 0.4) is 0 Å². The first-order valence-electron chi connectivity index (χ1n) is 7.40. The minimum atomic E-state index is -0.898. The van der Waals surface area contributed by atoms with Crippen LogP contribution in [0.1, 0.15) is 54.7 Å². The molecule has 0 amide bonds. The predicted octanol–water partition coefficient (Wildman–Crippen LogP) is 5.24. The maximum atomic E-state index is 10.9. The second-order valence-corrected chi connectivity index (χ2v) is 6.59. The van der Waals surface area contributed by atoms with Crippen LogP contribution in [0.25, 0.3) is 11.6 Å². The Morgan fingerprint density at radius 1 is 1.00 bits per heavy atom. The second-order valence-electron chi connectivity index (χ2n) is 6.59. The summed E-state index contributed by atoms with van der Waals surface area (Å²) in [6.45, 7) is 8.69. The van der Waals surface area contributed by atoms with Crippen molar-refractivity contribution in [1.29, 1.82) is 0 Å². The van der Waals surface area contributed by atoms with Crippen molar-refractivity contribution in [2.24, 2.45) is 0 Å². The Balaban J connectivity index is 2.31. The van der Waals surface area contributed by atoms with Crippen LogP contribution in [0.15, 0.2) is 48.5 Å². The molecule has 0 unspecified atom stereocenters. The van der Waals surface area contributed by atoms with Gasteiger partial charge in [0.1, 0.15) is 0 Å². The lowest BCUT2D eigenvalue weighted by molar-refractivity contribution is 0.0697. The molecule has 1 N–H and O–H groups in total. The van der Waals surface area contributed by atoms with Gasteiger partial charge >= 0.3 is 5.97 Å². The van der Waals surface area contributed by atoms with Gasteiger partial charge in [-0.25, -0.2) is 4.79 Å². The summed E-state index contributed by atoms with van der Waals surface area (Å²) in [7, 11) is 0. The third kappa shape index (κ3) is 3.85. The van der Waals surface area contributed by atoms with E-state index in [9.17, 15) is 4.79 Å². The molecule has 22 heavy (non-hydrogen) atoms. The van der Waals surface area contributed by atoms with Gasteiger partial charge in [-0.15, -0.1) is 0 Å². The molecule has 0 fully saturated rings. The van der Waals surface area contributed by atoms with Crippen molar-refractivity contribution in [1.82, 2.24) is 0 Å². The number of benzene rings is 2. The minimum Gasteiger partial charge on any atom is -0.478 e. The average Bonchev–Trinajstić information content (AvgIpc) is 2.47. The van der Waals surface area contributed by atoms with Crippen LogP contribution in [-0.4, -0.2) is 11.1 Å². The fourth-order valence-electron chi connectivity index (χ4n) is 2.29. The van der Waals surface area contributed by atoms with Gasteiger partial charge in [-0.05, 0) is 46.7 Å². The van der Waals surface area contributed by atoms with Gasteiger partial charge in [0.05, 0.1) is 5.56 Å². The van der Waals surface area contributed by atoms with Crippen molar-refractivity contribution in [3.8, 4) is 0 Å². The summed E-state index contributed by atoms with van der Waals surface area (Å²) in [5.41, 5.74) is 5.09. The highest BCUT2D eigenvalue weighted by Crippen LogP contribution is 2.26. The molecule has 0 aliphatic carbocycles. The number of carboxylic acid groups (broad SMARTS) is 1. The number of carboxylic acids is 1. The summed E-state index contributed by atoms with van der Waals surface area (Å²) in [5, 5.41) is 8.93. The van der Waals surface area contributed by atoms with Gasteiger partial charge in [-0.3, -0.25) is 0 Å². The molecule has 0 bridgehead atoms. The quantitative estimate of drug-likeness (QED) is 0.786. The van der Waals surface area contributed by atoms with E-state index in [1.165, 1.54) is 11.1 Å². The molecule has 0 spiro atoms. The first-order valence-corrected chi connectivity index (χ1v) is 7.40. The molecule has 0 heterocycles. The topological polar surface area (TPSA) is 37.3 Å². The molecule has 2 aromatic carbocycles. The normalized spacial score (nSPS) is 12.3. The molecule has 0 atom stereocenters. The first-order chi connectivity index (χ1) is 10.3. The smallest absolute Gasteiger partial charge is 0.335 e. The zero-order valence-electron chi connectivity index (χ0n) is 13.6. The van der Waals surface area contributed by atoms with Crippen molar-refractivity contribution in [2.45, 2.75) is 33.1 Å². The van der Waals surface area contributed by atoms with Crippen molar-refractivity contribution < 1.29 is 9.90 Å². The van der Waals surface area contributed by atoms with Crippen molar-refractivity contribution >= 4 is 17.6 Å². The van der Waals surface area contributed by atoms with E-state index in [2.05, 4.69) is 58.0 Å². The Morgan fingerprint density at radius 3 is 2.18 bits per heavy atom. The fraction of sp³-hybridized carbons (Fsp3) is 0.250. The third-order valence-corrected chi connectivity index (χ3v) is 3.72. The number of rotatable bonds is 3. The fourth-order valence-corrected chi connectivity index (χ4v) is 2.29. The minimum absolute atomic E-state index is 0.124. The molecule has 0 saturated carbocycles. The van der Waals surface area contributed by atoms with E-state index in [1.54, 1.807) is 12.1 Å². The average molecular weight is 294 g/mol. The van der Waals surface area contributed by atoms with E-state index in [-0.39, 0.29) is 5.41 Å². The molecule has 0 radical (unpaired) electrons. The van der Waals surface area contributed by atoms with Gasteiger partial charge in [-0.1, -0.05) is 63.2 Å². The van der Waals surface area contributed by atoms with Crippen molar-refractivity contribution in [3.05, 3.63) is 70.8 Å². The molecule has 114 valence electrons. The number of carbonyl (C=O) groups is 1. The Labute approximate surface area is 132 Å². The van der Waals surface area contributed by atoms with Crippen LogP contribution >= 0.6 is 0 Å². The molecule has 2 aromatic rings. The van der Waals surface area contributed by atoms with E-state index in [4.69, 9.17) is 5.11 Å². The lowest BCUT2D eigenvalue weighted by atomic mass is 9.85. The van der Waals surface area contributed by atoms with Crippen LogP contribution in [0.2, 0.25) is 0 Å². The molecule has 0 aliphatic heterocycles. The number of aromatic carboxylic acids is 1. The summed E-state index contributed by atoms with van der Waals surface area (Å²) < 4.78 is 0. The zero-order chi connectivity index (χ0) is 16.3. The van der Waals surface area contributed by atoms with Crippen molar-refractivity contribution in [2.75, 3.05) is 0 Å². The molecule has 2 nitrogen and oxygen atoms in total. The highest BCUT2D eigenvalue weighted by molar-refractivity contribution is 5.88. The van der Waals surface area contributed by atoms with E-state index < -0.39 is 5.97 Å². The summed E-state index contributed by atoms with van der Waals surface area (Å²) in [6, 6.07) is 15.5. The Hall–Kier alpha value is -2.35. The highest BCUT2D eigenvalue weighted by Gasteiger charge is 2.13. The van der Waals surface area contributed by atoms with Crippen LogP contribution in [0.5, 0.6) is 0 Å². The highest BCUT2D eigenvalue weighted by atomic mass is 16.4. The van der Waals surface area contributed by atoms with E-state index in [0.717, 1.165) is 11.1 Å². The number of hydrogen-bond acceptors (Lipinski definition) is 1. The molecule has 0 aliphatic rings. The second kappa shape index (κ2) is 6.18. The molecule has 2 heteroatoms. The van der Waals surface area contributed by atoms with E-state index >= 15 is 0 Å². The molecule has 0 aromatic heterocycles. The van der Waals surface area contributed by atoms with Gasteiger partial charge in [-0.2, -0.15) is 0 Å². The van der Waals surface area contributed by atoms with Gasteiger partial charge in [0, 0.05) is 0 Å². The monoisotopic (exact) mass is 294 g/mol. The number of hydrogen-bond donors (Lipinski definition) is 1.